The standard InChI is InChI=1S/C12H19NO3S/c1-2-12(11(15)16)6-4-7-13(12)10(14)9-5-3-8-17-9/h9H,2-8H2,1H3,(H,15,16). The first-order valence-electron chi connectivity index (χ1n) is 6.28. The molecule has 0 aromatic rings. The van der Waals surface area contributed by atoms with Crippen LogP contribution in [0.15, 0.2) is 0 Å². The maximum Gasteiger partial charge on any atom is 0.329 e. The predicted octanol–water partition coefficient (Wildman–Crippen LogP) is 1.74. The highest BCUT2D eigenvalue weighted by atomic mass is 32.2. The monoisotopic (exact) mass is 257 g/mol. The van der Waals surface area contributed by atoms with Crippen LogP contribution in [0, 0.1) is 0 Å². The van der Waals surface area contributed by atoms with Crippen molar-refractivity contribution < 1.29 is 14.7 Å². The summed E-state index contributed by atoms with van der Waals surface area (Å²) in [5, 5.41) is 9.42. The van der Waals surface area contributed by atoms with Crippen molar-refractivity contribution in [2.45, 2.75) is 49.8 Å². The largest absolute Gasteiger partial charge is 0.479 e. The third-order valence-corrected chi connectivity index (χ3v) is 5.31. The molecule has 2 aliphatic rings. The number of amides is 1. The van der Waals surface area contributed by atoms with E-state index in [4.69, 9.17) is 0 Å². The molecule has 0 aliphatic carbocycles. The Kier molecular flexibility index (Phi) is 3.66. The molecule has 17 heavy (non-hydrogen) atoms. The molecule has 2 aliphatic heterocycles. The van der Waals surface area contributed by atoms with Crippen LogP contribution in [0.25, 0.3) is 0 Å². The van der Waals surface area contributed by atoms with Gasteiger partial charge in [0.05, 0.1) is 5.25 Å². The maximum absolute atomic E-state index is 12.4. The van der Waals surface area contributed by atoms with Crippen LogP contribution in [0.5, 0.6) is 0 Å². The van der Waals surface area contributed by atoms with Crippen LogP contribution < -0.4 is 0 Å². The second-order valence-electron chi connectivity index (χ2n) is 4.79. The van der Waals surface area contributed by atoms with Crippen LogP contribution in [0.3, 0.4) is 0 Å². The lowest BCUT2D eigenvalue weighted by Gasteiger charge is -2.35. The smallest absolute Gasteiger partial charge is 0.329 e. The second kappa shape index (κ2) is 4.88. The van der Waals surface area contributed by atoms with E-state index in [2.05, 4.69) is 0 Å². The van der Waals surface area contributed by atoms with Gasteiger partial charge in [-0.15, -0.1) is 11.8 Å². The van der Waals surface area contributed by atoms with Gasteiger partial charge in [0.25, 0.3) is 0 Å². The summed E-state index contributed by atoms with van der Waals surface area (Å²) in [5.74, 6) is 0.235. The molecule has 0 aromatic heterocycles. The summed E-state index contributed by atoms with van der Waals surface area (Å²) in [4.78, 5) is 25.5. The van der Waals surface area contributed by atoms with Crippen molar-refractivity contribution in [1.29, 1.82) is 0 Å². The van der Waals surface area contributed by atoms with Gasteiger partial charge in [0.2, 0.25) is 5.91 Å². The predicted molar refractivity (Wildman–Crippen MR) is 67.1 cm³/mol. The highest BCUT2D eigenvalue weighted by Crippen LogP contribution is 2.37. The van der Waals surface area contributed by atoms with Gasteiger partial charge in [0.1, 0.15) is 5.54 Å². The Morgan fingerprint density at radius 1 is 1.47 bits per heavy atom. The van der Waals surface area contributed by atoms with E-state index in [0.717, 1.165) is 25.0 Å². The zero-order valence-electron chi connectivity index (χ0n) is 10.1. The number of nitrogens with zero attached hydrogens (tertiary/aromatic N) is 1. The Balaban J connectivity index is 2.18. The molecule has 2 rings (SSSR count). The summed E-state index contributed by atoms with van der Waals surface area (Å²) in [5.41, 5.74) is -0.930. The Morgan fingerprint density at radius 3 is 2.76 bits per heavy atom. The molecule has 1 N–H and O–H groups in total. The molecule has 2 saturated heterocycles. The van der Waals surface area contributed by atoms with Gasteiger partial charge in [-0.2, -0.15) is 0 Å². The van der Waals surface area contributed by atoms with Gasteiger partial charge in [0, 0.05) is 6.54 Å². The summed E-state index contributed by atoms with van der Waals surface area (Å²) in [6, 6.07) is 0. The SMILES string of the molecule is CCC1(C(=O)O)CCCN1C(=O)C1CCCS1. The number of rotatable bonds is 3. The normalized spacial score (nSPS) is 33.0. The molecule has 0 spiro atoms. The van der Waals surface area contributed by atoms with Crippen molar-refractivity contribution in [3.05, 3.63) is 0 Å². The number of thioether (sulfide) groups is 1. The number of likely N-dealkylation sites (tertiary alicyclic amines) is 1. The van der Waals surface area contributed by atoms with E-state index in [1.54, 1.807) is 16.7 Å². The number of carboxylic acids is 1. The number of carbonyl (C=O) groups excluding carboxylic acids is 1. The van der Waals surface area contributed by atoms with Gasteiger partial charge in [-0.1, -0.05) is 6.92 Å². The summed E-state index contributed by atoms with van der Waals surface area (Å²) in [6.45, 7) is 2.47. The molecule has 0 aromatic carbocycles. The van der Waals surface area contributed by atoms with Gasteiger partial charge in [-0.25, -0.2) is 4.79 Å². The first-order valence-corrected chi connectivity index (χ1v) is 7.33. The van der Waals surface area contributed by atoms with E-state index >= 15 is 0 Å². The van der Waals surface area contributed by atoms with E-state index < -0.39 is 11.5 Å². The quantitative estimate of drug-likeness (QED) is 0.836. The minimum Gasteiger partial charge on any atom is -0.479 e. The van der Waals surface area contributed by atoms with E-state index in [1.807, 2.05) is 6.92 Å². The summed E-state index contributed by atoms with van der Waals surface area (Å²) < 4.78 is 0. The van der Waals surface area contributed by atoms with Crippen molar-refractivity contribution in [2.24, 2.45) is 0 Å². The van der Waals surface area contributed by atoms with Gasteiger partial charge in [-0.3, -0.25) is 4.79 Å². The molecule has 4 nitrogen and oxygen atoms in total. The number of hydrogen-bond donors (Lipinski definition) is 1. The summed E-state index contributed by atoms with van der Waals surface area (Å²) in [7, 11) is 0. The van der Waals surface area contributed by atoms with Crippen LogP contribution in [0.4, 0.5) is 0 Å². The average molecular weight is 257 g/mol. The molecule has 2 heterocycles. The van der Waals surface area contributed by atoms with Gasteiger partial charge < -0.3 is 10.0 Å². The van der Waals surface area contributed by atoms with Crippen LogP contribution in [0.2, 0.25) is 0 Å². The van der Waals surface area contributed by atoms with E-state index in [9.17, 15) is 14.7 Å². The Hall–Kier alpha value is -0.710. The Morgan fingerprint density at radius 2 is 2.24 bits per heavy atom. The minimum absolute atomic E-state index is 0.00150. The molecule has 0 saturated carbocycles. The number of carbonyl (C=O) groups is 2. The fourth-order valence-electron chi connectivity index (χ4n) is 2.89. The lowest BCUT2D eigenvalue weighted by atomic mass is 9.92. The Labute approximate surface area is 106 Å². The zero-order chi connectivity index (χ0) is 12.5. The van der Waals surface area contributed by atoms with Gasteiger partial charge >= 0.3 is 5.97 Å². The minimum atomic E-state index is -0.930. The van der Waals surface area contributed by atoms with E-state index in [0.29, 0.717) is 19.4 Å². The lowest BCUT2D eigenvalue weighted by Crippen LogP contribution is -2.54. The molecule has 96 valence electrons. The molecule has 0 radical (unpaired) electrons. The number of hydrogen-bond acceptors (Lipinski definition) is 3. The van der Waals surface area contributed by atoms with E-state index in [1.165, 1.54) is 0 Å². The maximum atomic E-state index is 12.4. The van der Waals surface area contributed by atoms with E-state index in [-0.39, 0.29) is 11.2 Å². The lowest BCUT2D eigenvalue weighted by molar-refractivity contribution is -0.156. The Bertz CT molecular complexity index is 328. The van der Waals surface area contributed by atoms with Crippen LogP contribution in [-0.4, -0.2) is 45.0 Å². The van der Waals surface area contributed by atoms with Crippen molar-refractivity contribution >= 4 is 23.6 Å². The highest BCUT2D eigenvalue weighted by molar-refractivity contribution is 8.00. The number of aliphatic carboxylic acids is 1. The third-order valence-electron chi connectivity index (χ3n) is 3.94. The first kappa shape index (κ1) is 12.7. The van der Waals surface area contributed by atoms with Crippen molar-refractivity contribution in [3.63, 3.8) is 0 Å². The molecular formula is C12H19NO3S. The molecule has 5 heteroatoms. The number of carboxylic acid groups (broad SMARTS) is 1. The molecular weight excluding hydrogens is 238 g/mol. The highest BCUT2D eigenvalue weighted by Gasteiger charge is 2.49. The first-order chi connectivity index (χ1) is 8.12. The molecule has 2 fully saturated rings. The van der Waals surface area contributed by atoms with Gasteiger partial charge in [0.15, 0.2) is 0 Å². The summed E-state index contributed by atoms with van der Waals surface area (Å²) >= 11 is 1.68. The fourth-order valence-corrected chi connectivity index (χ4v) is 4.11. The van der Waals surface area contributed by atoms with Gasteiger partial charge in [-0.05, 0) is 37.9 Å². The van der Waals surface area contributed by atoms with Crippen LogP contribution in [-0.2, 0) is 9.59 Å². The second-order valence-corrected chi connectivity index (χ2v) is 6.10. The molecule has 2 unspecified atom stereocenters. The third kappa shape index (κ3) is 2.05. The zero-order valence-corrected chi connectivity index (χ0v) is 11.0. The van der Waals surface area contributed by atoms with Crippen molar-refractivity contribution in [1.82, 2.24) is 4.90 Å². The average Bonchev–Trinajstić information content (AvgIpc) is 2.97. The topological polar surface area (TPSA) is 57.6 Å². The fraction of sp³-hybridized carbons (Fsp3) is 0.833. The van der Waals surface area contributed by atoms with Crippen molar-refractivity contribution in [3.8, 4) is 0 Å². The molecule has 1 amide bonds. The van der Waals surface area contributed by atoms with Crippen molar-refractivity contribution in [2.75, 3.05) is 12.3 Å². The van der Waals surface area contributed by atoms with Crippen LogP contribution in [0.1, 0.15) is 39.0 Å². The van der Waals surface area contributed by atoms with Crippen LogP contribution >= 0.6 is 11.8 Å². The molecule has 2 atom stereocenters. The summed E-state index contributed by atoms with van der Waals surface area (Å²) in [6.07, 6.45) is 3.89. The molecule has 0 bridgehead atoms.